The Morgan fingerprint density at radius 1 is 1.33 bits per heavy atom. The molecule has 2 aliphatic heterocycles. The first-order chi connectivity index (χ1) is 9.99. The molecule has 0 radical (unpaired) electrons. The molecule has 2 saturated heterocycles. The van der Waals surface area contributed by atoms with E-state index in [1.807, 2.05) is 20.8 Å². The molecule has 2 fully saturated rings. The Hall–Kier alpha value is -0.950. The van der Waals surface area contributed by atoms with Crippen LogP contribution in [0.5, 0.6) is 0 Å². The van der Waals surface area contributed by atoms with Gasteiger partial charge in [-0.05, 0) is 19.8 Å². The Morgan fingerprint density at radius 2 is 2.05 bits per heavy atom. The summed E-state index contributed by atoms with van der Waals surface area (Å²) >= 11 is 1.56. The van der Waals surface area contributed by atoms with Gasteiger partial charge in [0.25, 0.3) is 0 Å². The van der Waals surface area contributed by atoms with Crippen molar-refractivity contribution in [1.82, 2.24) is 9.80 Å². The molecule has 0 bridgehead atoms. The van der Waals surface area contributed by atoms with Crippen LogP contribution < -0.4 is 0 Å². The summed E-state index contributed by atoms with van der Waals surface area (Å²) in [5.41, 5.74) is 0. The molecule has 4 unspecified atom stereocenters. The lowest BCUT2D eigenvalue weighted by molar-refractivity contribution is -0.141. The van der Waals surface area contributed by atoms with Gasteiger partial charge < -0.3 is 14.7 Å². The molecule has 6 nitrogen and oxygen atoms in total. The first kappa shape index (κ1) is 16.4. The van der Waals surface area contributed by atoms with E-state index in [9.17, 15) is 14.7 Å². The summed E-state index contributed by atoms with van der Waals surface area (Å²) in [5.74, 6) is -0.447. The second kappa shape index (κ2) is 6.87. The fourth-order valence-corrected chi connectivity index (χ4v) is 4.23. The fourth-order valence-electron chi connectivity index (χ4n) is 2.89. The highest BCUT2D eigenvalue weighted by Crippen LogP contribution is 2.33. The number of hydrogen-bond donors (Lipinski definition) is 1. The van der Waals surface area contributed by atoms with E-state index < -0.39 is 12.0 Å². The van der Waals surface area contributed by atoms with Gasteiger partial charge in [-0.3, -0.25) is 4.90 Å². The lowest BCUT2D eigenvalue weighted by Crippen LogP contribution is -2.58. The molecule has 0 saturated carbocycles. The zero-order valence-electron chi connectivity index (χ0n) is 12.8. The summed E-state index contributed by atoms with van der Waals surface area (Å²) in [6.07, 6.45) is 1.57. The molecule has 2 aliphatic rings. The van der Waals surface area contributed by atoms with Crippen molar-refractivity contribution in [2.45, 2.75) is 57.2 Å². The van der Waals surface area contributed by atoms with Crippen molar-refractivity contribution in [1.29, 1.82) is 0 Å². The van der Waals surface area contributed by atoms with E-state index in [1.165, 1.54) is 0 Å². The number of ether oxygens (including phenoxy) is 1. The molecular weight excluding hydrogens is 292 g/mol. The molecule has 0 spiro atoms. The topological polar surface area (TPSA) is 70.1 Å². The molecule has 0 aliphatic carbocycles. The van der Waals surface area contributed by atoms with Gasteiger partial charge in [0.15, 0.2) is 0 Å². The summed E-state index contributed by atoms with van der Waals surface area (Å²) in [6.45, 7) is 7.01. The van der Waals surface area contributed by atoms with Crippen molar-refractivity contribution in [3.63, 3.8) is 0 Å². The molecule has 4 atom stereocenters. The van der Waals surface area contributed by atoms with Crippen LogP contribution in [0.25, 0.3) is 0 Å². The van der Waals surface area contributed by atoms with Crippen molar-refractivity contribution in [2.75, 3.05) is 18.9 Å². The third-order valence-electron chi connectivity index (χ3n) is 4.13. The van der Waals surface area contributed by atoms with E-state index in [2.05, 4.69) is 0 Å². The maximum atomic E-state index is 12.9. The van der Waals surface area contributed by atoms with Gasteiger partial charge in [0, 0.05) is 12.3 Å². The third kappa shape index (κ3) is 3.29. The summed E-state index contributed by atoms with van der Waals surface area (Å²) in [7, 11) is 0. The van der Waals surface area contributed by atoms with Gasteiger partial charge in [0.05, 0.1) is 24.1 Å². The maximum Gasteiger partial charge on any atom is 0.327 e. The van der Waals surface area contributed by atoms with Gasteiger partial charge in [-0.2, -0.15) is 0 Å². The minimum atomic E-state index is -0.916. The average molecular weight is 316 g/mol. The highest BCUT2D eigenvalue weighted by Gasteiger charge is 2.44. The molecule has 7 heteroatoms. The van der Waals surface area contributed by atoms with Gasteiger partial charge in [-0.25, -0.2) is 9.59 Å². The first-order valence-corrected chi connectivity index (χ1v) is 8.59. The van der Waals surface area contributed by atoms with Gasteiger partial charge in [0.2, 0.25) is 0 Å². The molecular formula is C14H24N2O4S. The van der Waals surface area contributed by atoms with Crippen molar-refractivity contribution >= 4 is 23.8 Å². The normalized spacial score (nSPS) is 33.3. The fraction of sp³-hybridized carbons (Fsp3) is 0.857. The zero-order valence-corrected chi connectivity index (χ0v) is 13.6. The monoisotopic (exact) mass is 316 g/mol. The lowest BCUT2D eigenvalue weighted by Gasteiger charge is -2.41. The van der Waals surface area contributed by atoms with Crippen molar-refractivity contribution in [2.24, 2.45) is 0 Å². The zero-order chi connectivity index (χ0) is 15.6. The minimum Gasteiger partial charge on any atom is -0.480 e. The first-order valence-electron chi connectivity index (χ1n) is 7.54. The lowest BCUT2D eigenvalue weighted by atomic mass is 10.1. The number of aliphatic carboxylic acids is 1. The second-order valence-electron chi connectivity index (χ2n) is 5.60. The third-order valence-corrected chi connectivity index (χ3v) is 5.59. The number of amides is 2. The van der Waals surface area contributed by atoms with E-state index in [0.29, 0.717) is 18.9 Å². The Morgan fingerprint density at radius 3 is 2.62 bits per heavy atom. The number of carboxylic acid groups (broad SMARTS) is 1. The van der Waals surface area contributed by atoms with E-state index in [1.54, 1.807) is 21.6 Å². The number of hydrogen-bond acceptors (Lipinski definition) is 4. The number of thioether (sulfide) groups is 1. The standard InChI is InChI=1S/C14H24N2O4S/c1-4-10-7-20-9(3)6-15(10)14(19)16-11(13(17)18)8-21-12(16)5-2/h9-12H,4-8H2,1-3H3,(H,17,18). The van der Waals surface area contributed by atoms with Crippen LogP contribution in [-0.4, -0.2) is 69.4 Å². The minimum absolute atomic E-state index is 0.00430. The second-order valence-corrected chi connectivity index (χ2v) is 6.81. The summed E-state index contributed by atoms with van der Waals surface area (Å²) in [6, 6.07) is -0.837. The molecule has 0 aromatic carbocycles. The smallest absolute Gasteiger partial charge is 0.327 e. The molecule has 2 amide bonds. The van der Waals surface area contributed by atoms with Crippen LogP contribution in [0, 0.1) is 0 Å². The van der Waals surface area contributed by atoms with Gasteiger partial charge in [-0.15, -0.1) is 11.8 Å². The van der Waals surface area contributed by atoms with E-state index in [4.69, 9.17) is 4.74 Å². The van der Waals surface area contributed by atoms with E-state index >= 15 is 0 Å². The molecule has 0 aromatic rings. The van der Waals surface area contributed by atoms with Crippen LogP contribution in [0.2, 0.25) is 0 Å². The van der Waals surface area contributed by atoms with Crippen LogP contribution in [0.15, 0.2) is 0 Å². The van der Waals surface area contributed by atoms with Crippen molar-refractivity contribution < 1.29 is 19.4 Å². The SMILES string of the molecule is CCC1COC(C)CN1C(=O)N1C(CC)SCC1C(=O)O. The quantitative estimate of drug-likeness (QED) is 0.860. The summed E-state index contributed by atoms with van der Waals surface area (Å²) in [5, 5.41) is 9.32. The van der Waals surface area contributed by atoms with Crippen LogP contribution in [0.4, 0.5) is 4.79 Å². The molecule has 2 rings (SSSR count). The van der Waals surface area contributed by atoms with Gasteiger partial charge in [-0.1, -0.05) is 13.8 Å². The number of urea groups is 1. The van der Waals surface area contributed by atoms with E-state index in [-0.39, 0.29) is 23.6 Å². The Labute approximate surface area is 129 Å². The van der Waals surface area contributed by atoms with Crippen molar-refractivity contribution in [3.05, 3.63) is 0 Å². The number of nitrogens with zero attached hydrogens (tertiary/aromatic N) is 2. The Bertz CT molecular complexity index is 406. The largest absolute Gasteiger partial charge is 0.480 e. The number of morpholine rings is 1. The summed E-state index contributed by atoms with van der Waals surface area (Å²) in [4.78, 5) is 27.7. The van der Waals surface area contributed by atoms with Crippen LogP contribution in [0.3, 0.4) is 0 Å². The highest BCUT2D eigenvalue weighted by molar-refractivity contribution is 8.00. The van der Waals surface area contributed by atoms with Crippen LogP contribution in [0.1, 0.15) is 33.6 Å². The number of rotatable bonds is 3. The van der Waals surface area contributed by atoms with Crippen molar-refractivity contribution in [3.8, 4) is 0 Å². The van der Waals surface area contributed by atoms with Gasteiger partial charge >= 0.3 is 12.0 Å². The van der Waals surface area contributed by atoms with E-state index in [0.717, 1.165) is 12.8 Å². The summed E-state index contributed by atoms with van der Waals surface area (Å²) < 4.78 is 5.62. The Balaban J connectivity index is 2.20. The van der Waals surface area contributed by atoms with Gasteiger partial charge in [0.1, 0.15) is 6.04 Å². The molecule has 0 aromatic heterocycles. The number of carboxylic acids is 1. The number of carbonyl (C=O) groups excluding carboxylic acids is 1. The predicted octanol–water partition coefficient (Wildman–Crippen LogP) is 1.84. The van der Waals surface area contributed by atoms with Crippen LogP contribution in [-0.2, 0) is 9.53 Å². The number of carbonyl (C=O) groups is 2. The molecule has 21 heavy (non-hydrogen) atoms. The predicted molar refractivity (Wildman–Crippen MR) is 81.4 cm³/mol. The van der Waals surface area contributed by atoms with Crippen LogP contribution >= 0.6 is 11.8 Å². The average Bonchev–Trinajstić information content (AvgIpc) is 2.90. The molecule has 120 valence electrons. The maximum absolute atomic E-state index is 12.9. The highest BCUT2D eigenvalue weighted by atomic mass is 32.2. The molecule has 2 heterocycles. The Kier molecular flexibility index (Phi) is 5.37. The molecule has 1 N–H and O–H groups in total.